The van der Waals surface area contributed by atoms with Crippen LogP contribution in [-0.4, -0.2) is 48.8 Å². The van der Waals surface area contributed by atoms with E-state index in [0.29, 0.717) is 37.3 Å². The summed E-state index contributed by atoms with van der Waals surface area (Å²) in [5, 5.41) is 19.6. The van der Waals surface area contributed by atoms with E-state index in [1.165, 1.54) is 17.7 Å². The van der Waals surface area contributed by atoms with Gasteiger partial charge in [0.2, 0.25) is 11.8 Å². The lowest BCUT2D eigenvalue weighted by atomic mass is 10.00. The van der Waals surface area contributed by atoms with Crippen molar-refractivity contribution < 1.29 is 23.8 Å². The number of carbonyl (C=O) groups is 2. The van der Waals surface area contributed by atoms with Crippen molar-refractivity contribution in [1.82, 2.24) is 16.0 Å². The first kappa shape index (κ1) is 26.6. The molecule has 0 aliphatic carbocycles. The van der Waals surface area contributed by atoms with Crippen LogP contribution in [0.25, 0.3) is 0 Å². The maximum absolute atomic E-state index is 14.3. The Morgan fingerprint density at radius 1 is 1.11 bits per heavy atom. The quantitative estimate of drug-likeness (QED) is 0.504. The van der Waals surface area contributed by atoms with Crippen molar-refractivity contribution in [2.75, 3.05) is 19.7 Å². The van der Waals surface area contributed by atoms with E-state index in [2.05, 4.69) is 35.0 Å². The number of nitrogens with one attached hydrogen (secondary N) is 3. The minimum atomic E-state index is -0.935. The fourth-order valence-corrected chi connectivity index (χ4v) is 4.10. The zero-order valence-corrected chi connectivity index (χ0v) is 20.3. The summed E-state index contributed by atoms with van der Waals surface area (Å²) in [6.07, 6.45) is 2.77. The molecule has 3 rings (SSSR count). The summed E-state index contributed by atoms with van der Waals surface area (Å²) in [6.45, 7) is 3.15. The maximum Gasteiger partial charge on any atom is 0.239 e. The van der Waals surface area contributed by atoms with Crippen molar-refractivity contribution >= 4 is 11.8 Å². The largest absolute Gasteiger partial charge is 0.493 e. The lowest BCUT2D eigenvalue weighted by Gasteiger charge is -2.25. The van der Waals surface area contributed by atoms with Gasteiger partial charge in [0, 0.05) is 25.6 Å². The number of fused-ring (bicyclic) bond motifs is 2. The van der Waals surface area contributed by atoms with Crippen LogP contribution in [0.5, 0.6) is 5.75 Å². The Morgan fingerprint density at radius 3 is 2.77 bits per heavy atom. The number of aliphatic hydroxyl groups excluding tert-OH is 1. The number of halogens is 1. The standard InChI is InChI=1S/C27H36FN3O4/c1-2-19-7-6-8-20(11-19)16-29-17-25(32)24-14-21-12-22(28)15-23(13-21)35-10-5-3-4-9-26(33)30-18-27(34)31-24/h6-8,11-13,15,24-25,29,32H,2-5,9-10,14,16-18H2,1H3,(H,30,33)(H,31,34). The molecule has 2 bridgehead atoms. The first-order chi connectivity index (χ1) is 16.9. The Morgan fingerprint density at radius 2 is 1.94 bits per heavy atom. The smallest absolute Gasteiger partial charge is 0.239 e. The molecule has 2 atom stereocenters. The average molecular weight is 486 g/mol. The number of benzene rings is 2. The van der Waals surface area contributed by atoms with Crippen molar-refractivity contribution in [2.24, 2.45) is 0 Å². The van der Waals surface area contributed by atoms with Gasteiger partial charge in [-0.15, -0.1) is 0 Å². The van der Waals surface area contributed by atoms with Crippen LogP contribution in [-0.2, 0) is 29.0 Å². The summed E-state index contributed by atoms with van der Waals surface area (Å²) in [5.41, 5.74) is 2.95. The molecule has 0 fully saturated rings. The van der Waals surface area contributed by atoms with Crippen LogP contribution in [0.15, 0.2) is 42.5 Å². The first-order valence-corrected chi connectivity index (χ1v) is 12.4. The molecule has 0 saturated carbocycles. The number of aliphatic hydroxyl groups is 1. The number of rotatable bonds is 6. The Balaban J connectivity index is 1.70. The Kier molecular flexibility index (Phi) is 10.5. The second-order valence-electron chi connectivity index (χ2n) is 8.98. The van der Waals surface area contributed by atoms with Gasteiger partial charge in [0.1, 0.15) is 11.6 Å². The van der Waals surface area contributed by atoms with Gasteiger partial charge in [-0.3, -0.25) is 9.59 Å². The van der Waals surface area contributed by atoms with E-state index >= 15 is 0 Å². The Labute approximate surface area is 206 Å². The third-order valence-electron chi connectivity index (χ3n) is 6.04. The average Bonchev–Trinajstić information content (AvgIpc) is 2.83. The molecule has 7 nitrogen and oxygen atoms in total. The third-order valence-corrected chi connectivity index (χ3v) is 6.04. The summed E-state index contributed by atoms with van der Waals surface area (Å²) < 4.78 is 20.0. The highest BCUT2D eigenvalue weighted by Gasteiger charge is 2.23. The fourth-order valence-electron chi connectivity index (χ4n) is 4.10. The normalized spacial score (nSPS) is 18.8. The topological polar surface area (TPSA) is 99.7 Å². The Bertz CT molecular complexity index is 985. The van der Waals surface area contributed by atoms with Crippen molar-refractivity contribution in [3.8, 4) is 5.75 Å². The number of amides is 2. The molecule has 1 aliphatic rings. The van der Waals surface area contributed by atoms with E-state index in [4.69, 9.17) is 4.74 Å². The van der Waals surface area contributed by atoms with E-state index in [1.807, 2.05) is 12.1 Å². The van der Waals surface area contributed by atoms with E-state index in [1.54, 1.807) is 6.07 Å². The van der Waals surface area contributed by atoms with Gasteiger partial charge in [-0.05, 0) is 60.9 Å². The molecule has 0 radical (unpaired) electrons. The fraction of sp³-hybridized carbons (Fsp3) is 0.481. The number of ether oxygens (including phenoxy) is 1. The summed E-state index contributed by atoms with van der Waals surface area (Å²) in [4.78, 5) is 24.5. The number of aryl methyl sites for hydroxylation is 1. The van der Waals surface area contributed by atoms with Crippen molar-refractivity contribution in [1.29, 1.82) is 0 Å². The molecular formula is C27H36FN3O4. The number of hydrogen-bond donors (Lipinski definition) is 4. The molecule has 8 heteroatoms. The third kappa shape index (κ3) is 9.30. The molecule has 0 aromatic heterocycles. The second kappa shape index (κ2) is 13.8. The minimum absolute atomic E-state index is 0.170. The molecule has 1 aliphatic heterocycles. The van der Waals surface area contributed by atoms with Crippen LogP contribution < -0.4 is 20.7 Å². The van der Waals surface area contributed by atoms with Crippen LogP contribution in [0, 0.1) is 5.82 Å². The summed E-state index contributed by atoms with van der Waals surface area (Å²) in [5.74, 6) is -0.607. The van der Waals surface area contributed by atoms with Gasteiger partial charge in [-0.2, -0.15) is 0 Å². The molecular weight excluding hydrogens is 449 g/mol. The van der Waals surface area contributed by atoms with Crippen LogP contribution in [0.1, 0.15) is 49.3 Å². The molecule has 2 aromatic rings. The van der Waals surface area contributed by atoms with Crippen LogP contribution in [0.3, 0.4) is 0 Å². The minimum Gasteiger partial charge on any atom is -0.493 e. The zero-order valence-electron chi connectivity index (χ0n) is 20.3. The predicted molar refractivity (Wildman–Crippen MR) is 133 cm³/mol. The lowest BCUT2D eigenvalue weighted by molar-refractivity contribution is -0.126. The molecule has 190 valence electrons. The van der Waals surface area contributed by atoms with E-state index in [0.717, 1.165) is 24.8 Å². The highest BCUT2D eigenvalue weighted by Crippen LogP contribution is 2.19. The van der Waals surface area contributed by atoms with E-state index in [-0.39, 0.29) is 25.4 Å². The Hall–Kier alpha value is -2.97. The summed E-state index contributed by atoms with van der Waals surface area (Å²) in [7, 11) is 0. The lowest BCUT2D eigenvalue weighted by Crippen LogP contribution is -2.51. The summed E-state index contributed by atoms with van der Waals surface area (Å²) >= 11 is 0. The van der Waals surface area contributed by atoms with Crippen LogP contribution in [0.2, 0.25) is 0 Å². The first-order valence-electron chi connectivity index (χ1n) is 12.4. The van der Waals surface area contributed by atoms with Gasteiger partial charge in [0.25, 0.3) is 0 Å². The van der Waals surface area contributed by atoms with Gasteiger partial charge in [-0.25, -0.2) is 4.39 Å². The van der Waals surface area contributed by atoms with Gasteiger partial charge in [0.15, 0.2) is 0 Å². The summed E-state index contributed by atoms with van der Waals surface area (Å²) in [6, 6.07) is 12.0. The van der Waals surface area contributed by atoms with E-state index in [9.17, 15) is 19.1 Å². The van der Waals surface area contributed by atoms with Crippen LogP contribution in [0.4, 0.5) is 4.39 Å². The van der Waals surface area contributed by atoms with Crippen molar-refractivity contribution in [3.63, 3.8) is 0 Å². The van der Waals surface area contributed by atoms with Gasteiger partial charge >= 0.3 is 0 Å². The molecule has 2 amide bonds. The monoisotopic (exact) mass is 485 g/mol. The predicted octanol–water partition coefficient (Wildman–Crippen LogP) is 2.64. The molecule has 35 heavy (non-hydrogen) atoms. The molecule has 0 spiro atoms. The number of hydrogen-bond acceptors (Lipinski definition) is 5. The van der Waals surface area contributed by atoms with Gasteiger partial charge in [-0.1, -0.05) is 31.2 Å². The zero-order chi connectivity index (χ0) is 25.0. The maximum atomic E-state index is 14.3. The molecule has 0 saturated heterocycles. The molecule has 4 N–H and O–H groups in total. The van der Waals surface area contributed by atoms with Gasteiger partial charge in [0.05, 0.1) is 25.3 Å². The second-order valence-corrected chi connectivity index (χ2v) is 8.98. The highest BCUT2D eigenvalue weighted by molar-refractivity contribution is 5.84. The molecule has 2 aromatic carbocycles. The SMILES string of the molecule is CCc1cccc(CNCC(O)C2Cc3cc(F)cc(c3)OCCCCCC(=O)NCC(=O)N2)c1. The van der Waals surface area contributed by atoms with Gasteiger partial charge < -0.3 is 25.8 Å². The highest BCUT2D eigenvalue weighted by atomic mass is 19.1. The molecule has 1 heterocycles. The van der Waals surface area contributed by atoms with Crippen molar-refractivity contribution in [3.05, 3.63) is 65.0 Å². The van der Waals surface area contributed by atoms with Crippen molar-refractivity contribution in [2.45, 2.75) is 64.1 Å². The number of carbonyl (C=O) groups excluding carboxylic acids is 2. The van der Waals surface area contributed by atoms with E-state index < -0.39 is 23.9 Å². The van der Waals surface area contributed by atoms with Crippen LogP contribution >= 0.6 is 0 Å². The molecule has 2 unspecified atom stereocenters.